The van der Waals surface area contributed by atoms with E-state index >= 15 is 0 Å². The second-order valence-corrected chi connectivity index (χ2v) is 3.99. The average molecular weight is 222 g/mol. The van der Waals surface area contributed by atoms with E-state index < -0.39 is 0 Å². The van der Waals surface area contributed by atoms with E-state index in [2.05, 4.69) is 20.5 Å². The van der Waals surface area contributed by atoms with Crippen molar-refractivity contribution in [3.63, 3.8) is 0 Å². The zero-order chi connectivity index (χ0) is 10.7. The Labute approximate surface area is 90.6 Å². The largest absolute Gasteiger partial charge is 0.342 e. The minimum absolute atomic E-state index is 0.0890. The number of hydrogen-bond acceptors (Lipinski definition) is 4. The molecule has 0 aliphatic carbocycles. The topological polar surface area (TPSA) is 70.7 Å². The van der Waals surface area contributed by atoms with Crippen LogP contribution >= 0.6 is 11.3 Å². The number of rotatable bonds is 3. The standard InChI is InChI=1S/C9H10N4OS/c1-6(8-10-5-11-13-8)12-9(14)7-3-2-4-15-7/h2-6H,1H3,(H,12,14)(H,10,11,13). The van der Waals surface area contributed by atoms with Gasteiger partial charge in [-0.2, -0.15) is 5.10 Å². The van der Waals surface area contributed by atoms with E-state index in [4.69, 9.17) is 0 Å². The SMILES string of the molecule is CC(NC(=O)c1cccs1)c1ncn[nH]1. The van der Waals surface area contributed by atoms with Crippen molar-refractivity contribution in [1.29, 1.82) is 0 Å². The molecule has 0 aliphatic heterocycles. The van der Waals surface area contributed by atoms with Gasteiger partial charge in [0.1, 0.15) is 12.2 Å². The summed E-state index contributed by atoms with van der Waals surface area (Å²) in [5.41, 5.74) is 0. The number of hydrogen-bond donors (Lipinski definition) is 2. The summed E-state index contributed by atoms with van der Waals surface area (Å²) >= 11 is 1.41. The molecule has 2 heterocycles. The first kappa shape index (κ1) is 9.85. The minimum Gasteiger partial charge on any atom is -0.342 e. The van der Waals surface area contributed by atoms with Gasteiger partial charge in [0, 0.05) is 0 Å². The molecule has 0 aromatic carbocycles. The average Bonchev–Trinajstić information content (AvgIpc) is 2.91. The summed E-state index contributed by atoms with van der Waals surface area (Å²) in [4.78, 5) is 16.3. The van der Waals surface area contributed by atoms with Gasteiger partial charge in [-0.25, -0.2) is 4.98 Å². The number of nitrogens with one attached hydrogen (secondary N) is 2. The highest BCUT2D eigenvalue weighted by Crippen LogP contribution is 2.11. The molecule has 15 heavy (non-hydrogen) atoms. The number of H-pyrrole nitrogens is 1. The van der Waals surface area contributed by atoms with Crippen molar-refractivity contribution < 1.29 is 4.79 Å². The van der Waals surface area contributed by atoms with Crippen molar-refractivity contribution in [2.24, 2.45) is 0 Å². The van der Waals surface area contributed by atoms with E-state index in [1.54, 1.807) is 6.07 Å². The molecule has 1 atom stereocenters. The third-order valence-electron chi connectivity index (χ3n) is 1.94. The fourth-order valence-corrected chi connectivity index (χ4v) is 1.79. The third-order valence-corrected chi connectivity index (χ3v) is 2.81. The molecule has 2 aromatic heterocycles. The van der Waals surface area contributed by atoms with Gasteiger partial charge in [-0.15, -0.1) is 11.3 Å². The first-order valence-corrected chi connectivity index (χ1v) is 5.35. The monoisotopic (exact) mass is 222 g/mol. The lowest BCUT2D eigenvalue weighted by atomic mass is 10.3. The molecule has 2 aromatic rings. The number of amides is 1. The number of aromatic amines is 1. The van der Waals surface area contributed by atoms with E-state index in [1.807, 2.05) is 18.4 Å². The number of carbonyl (C=O) groups is 1. The summed E-state index contributed by atoms with van der Waals surface area (Å²) in [7, 11) is 0. The highest BCUT2D eigenvalue weighted by molar-refractivity contribution is 7.12. The van der Waals surface area contributed by atoms with E-state index in [9.17, 15) is 4.79 Å². The zero-order valence-electron chi connectivity index (χ0n) is 8.10. The van der Waals surface area contributed by atoms with Crippen molar-refractivity contribution in [2.45, 2.75) is 13.0 Å². The number of thiophene rings is 1. The van der Waals surface area contributed by atoms with Crippen LogP contribution in [0.1, 0.15) is 28.5 Å². The molecule has 6 heteroatoms. The maximum absolute atomic E-state index is 11.6. The molecule has 0 spiro atoms. The Hall–Kier alpha value is -1.69. The molecular weight excluding hydrogens is 212 g/mol. The molecule has 0 saturated carbocycles. The van der Waals surface area contributed by atoms with Gasteiger partial charge in [-0.3, -0.25) is 9.89 Å². The predicted molar refractivity (Wildman–Crippen MR) is 56.6 cm³/mol. The van der Waals surface area contributed by atoms with Crippen molar-refractivity contribution in [3.05, 3.63) is 34.5 Å². The maximum atomic E-state index is 11.6. The van der Waals surface area contributed by atoms with E-state index in [1.165, 1.54) is 17.7 Å². The fraction of sp³-hybridized carbons (Fsp3) is 0.222. The molecule has 0 aliphatic rings. The Balaban J connectivity index is 2.01. The van der Waals surface area contributed by atoms with Crippen LogP contribution in [-0.2, 0) is 0 Å². The maximum Gasteiger partial charge on any atom is 0.261 e. The molecule has 1 unspecified atom stereocenters. The lowest BCUT2D eigenvalue weighted by Crippen LogP contribution is -2.26. The summed E-state index contributed by atoms with van der Waals surface area (Å²) in [6.07, 6.45) is 1.42. The van der Waals surface area contributed by atoms with Crippen LogP contribution in [-0.4, -0.2) is 21.1 Å². The van der Waals surface area contributed by atoms with Gasteiger partial charge < -0.3 is 5.32 Å². The van der Waals surface area contributed by atoms with E-state index in [0.717, 1.165) is 0 Å². The highest BCUT2D eigenvalue weighted by atomic mass is 32.1. The summed E-state index contributed by atoms with van der Waals surface area (Å²) in [5, 5.41) is 11.1. The summed E-state index contributed by atoms with van der Waals surface area (Å²) in [6, 6.07) is 3.47. The van der Waals surface area contributed by atoms with Gasteiger partial charge in [0.25, 0.3) is 5.91 Å². The van der Waals surface area contributed by atoms with E-state index in [-0.39, 0.29) is 11.9 Å². The Morgan fingerprint density at radius 1 is 1.67 bits per heavy atom. The quantitative estimate of drug-likeness (QED) is 0.823. The van der Waals surface area contributed by atoms with Crippen molar-refractivity contribution in [1.82, 2.24) is 20.5 Å². The molecule has 0 saturated heterocycles. The van der Waals surface area contributed by atoms with E-state index in [0.29, 0.717) is 10.7 Å². The third kappa shape index (κ3) is 2.21. The Morgan fingerprint density at radius 2 is 2.53 bits per heavy atom. The first-order chi connectivity index (χ1) is 7.27. The molecule has 0 fully saturated rings. The highest BCUT2D eigenvalue weighted by Gasteiger charge is 2.13. The Morgan fingerprint density at radius 3 is 3.13 bits per heavy atom. The van der Waals surface area contributed by atoms with Gasteiger partial charge in [-0.1, -0.05) is 6.07 Å². The van der Waals surface area contributed by atoms with Crippen LogP contribution in [0.3, 0.4) is 0 Å². The van der Waals surface area contributed by atoms with Crippen molar-refractivity contribution in [3.8, 4) is 0 Å². The molecule has 2 rings (SSSR count). The van der Waals surface area contributed by atoms with Crippen LogP contribution in [0.2, 0.25) is 0 Å². The number of nitrogens with zero attached hydrogens (tertiary/aromatic N) is 2. The van der Waals surface area contributed by atoms with Gasteiger partial charge >= 0.3 is 0 Å². The van der Waals surface area contributed by atoms with Crippen LogP contribution in [0.4, 0.5) is 0 Å². The van der Waals surface area contributed by atoms with Crippen LogP contribution < -0.4 is 5.32 Å². The van der Waals surface area contributed by atoms with Crippen LogP contribution in [0.25, 0.3) is 0 Å². The second kappa shape index (κ2) is 4.22. The van der Waals surface area contributed by atoms with Crippen molar-refractivity contribution in [2.75, 3.05) is 0 Å². The summed E-state index contributed by atoms with van der Waals surface area (Å²) < 4.78 is 0. The summed E-state index contributed by atoms with van der Waals surface area (Å²) in [6.45, 7) is 1.85. The molecule has 2 N–H and O–H groups in total. The molecule has 1 amide bonds. The second-order valence-electron chi connectivity index (χ2n) is 3.04. The van der Waals surface area contributed by atoms with Gasteiger partial charge in [0.2, 0.25) is 0 Å². The van der Waals surface area contributed by atoms with Gasteiger partial charge in [0.05, 0.1) is 10.9 Å². The Kier molecular flexibility index (Phi) is 2.77. The number of aromatic nitrogens is 3. The Bertz CT molecular complexity index is 423. The molecule has 5 nitrogen and oxygen atoms in total. The lowest BCUT2D eigenvalue weighted by Gasteiger charge is -2.09. The van der Waals surface area contributed by atoms with Crippen LogP contribution in [0, 0.1) is 0 Å². The molecular formula is C9H10N4OS. The van der Waals surface area contributed by atoms with Crippen molar-refractivity contribution >= 4 is 17.2 Å². The lowest BCUT2D eigenvalue weighted by molar-refractivity contribution is 0.0942. The van der Waals surface area contributed by atoms with Crippen LogP contribution in [0.5, 0.6) is 0 Å². The molecule has 78 valence electrons. The zero-order valence-corrected chi connectivity index (χ0v) is 8.91. The van der Waals surface area contributed by atoms with Crippen LogP contribution in [0.15, 0.2) is 23.8 Å². The smallest absolute Gasteiger partial charge is 0.261 e. The normalized spacial score (nSPS) is 12.3. The molecule has 0 radical (unpaired) electrons. The van der Waals surface area contributed by atoms with Gasteiger partial charge in [0.15, 0.2) is 0 Å². The first-order valence-electron chi connectivity index (χ1n) is 4.47. The van der Waals surface area contributed by atoms with Gasteiger partial charge in [-0.05, 0) is 18.4 Å². The molecule has 0 bridgehead atoms. The number of carbonyl (C=O) groups excluding carboxylic acids is 1. The predicted octanol–water partition coefficient (Wildman–Crippen LogP) is 1.36. The fourth-order valence-electron chi connectivity index (χ4n) is 1.17. The summed E-state index contributed by atoms with van der Waals surface area (Å²) in [5.74, 6) is 0.564. The minimum atomic E-state index is -0.165.